The molecule has 0 aliphatic rings. The van der Waals surface area contributed by atoms with Crippen LogP contribution in [0, 0.1) is 0 Å². The number of hydrogen-bond acceptors (Lipinski definition) is 10. The summed E-state index contributed by atoms with van der Waals surface area (Å²) in [5.74, 6) is 5.50. The molecule has 0 aromatic carbocycles. The molecule has 0 saturated heterocycles. The van der Waals surface area contributed by atoms with Gasteiger partial charge in [-0.2, -0.15) is 15.0 Å². The second kappa shape index (κ2) is 5.22. The number of nitrogens with one attached hydrogen (secondary N) is 2. The van der Waals surface area contributed by atoms with Crippen molar-refractivity contribution in [2.75, 3.05) is 12.5 Å². The molecule has 0 unspecified atom stereocenters. The van der Waals surface area contributed by atoms with Crippen LogP contribution in [-0.2, 0) is 0 Å². The van der Waals surface area contributed by atoms with Crippen molar-refractivity contribution in [1.82, 2.24) is 34.9 Å². The molecule has 3 aromatic rings. The van der Waals surface area contributed by atoms with Gasteiger partial charge in [-0.1, -0.05) is 0 Å². The first-order chi connectivity index (χ1) is 9.80. The zero-order valence-electron chi connectivity index (χ0n) is 10.2. The lowest BCUT2D eigenvalue weighted by atomic mass is 10.6. The highest BCUT2D eigenvalue weighted by Crippen LogP contribution is 2.28. The predicted molar refractivity (Wildman–Crippen MR) is 70.0 cm³/mol. The summed E-state index contributed by atoms with van der Waals surface area (Å²) >= 11 is 1.22. The van der Waals surface area contributed by atoms with Gasteiger partial charge in [0.15, 0.2) is 5.65 Å². The topological polar surface area (TPSA) is 140 Å². The highest BCUT2D eigenvalue weighted by molar-refractivity contribution is 7.99. The molecule has 0 fully saturated rings. The molecule has 0 amide bonds. The van der Waals surface area contributed by atoms with Gasteiger partial charge < -0.3 is 9.72 Å². The molecule has 0 spiro atoms. The van der Waals surface area contributed by atoms with Gasteiger partial charge in [0, 0.05) is 0 Å². The maximum Gasteiger partial charge on any atom is 0.322 e. The molecule has 20 heavy (non-hydrogen) atoms. The van der Waals surface area contributed by atoms with E-state index in [4.69, 9.17) is 10.6 Å². The Morgan fingerprint density at radius 3 is 2.95 bits per heavy atom. The van der Waals surface area contributed by atoms with Gasteiger partial charge in [-0.15, -0.1) is 0 Å². The lowest BCUT2D eigenvalue weighted by Crippen LogP contribution is -2.12. The Kier molecular flexibility index (Phi) is 3.26. The molecule has 3 rings (SSSR count). The molecular weight excluding hydrogens is 282 g/mol. The first-order valence-electron chi connectivity index (χ1n) is 5.39. The number of ether oxygens (including phenoxy) is 1. The Labute approximate surface area is 116 Å². The van der Waals surface area contributed by atoms with E-state index in [2.05, 4.69) is 40.3 Å². The minimum absolute atomic E-state index is 0.158. The molecule has 0 atom stereocenters. The van der Waals surface area contributed by atoms with Crippen LogP contribution >= 0.6 is 11.8 Å². The van der Waals surface area contributed by atoms with E-state index in [-0.39, 0.29) is 12.0 Å². The van der Waals surface area contributed by atoms with E-state index in [0.717, 1.165) is 0 Å². The number of H-pyrrole nitrogens is 1. The summed E-state index contributed by atoms with van der Waals surface area (Å²) in [5.41, 5.74) is 3.63. The lowest BCUT2D eigenvalue weighted by Gasteiger charge is -2.04. The van der Waals surface area contributed by atoms with E-state index in [0.29, 0.717) is 21.3 Å². The van der Waals surface area contributed by atoms with Gasteiger partial charge in [0.2, 0.25) is 11.1 Å². The normalized spacial score (nSPS) is 10.7. The van der Waals surface area contributed by atoms with Crippen LogP contribution in [0.4, 0.5) is 5.95 Å². The zero-order chi connectivity index (χ0) is 13.9. The summed E-state index contributed by atoms with van der Waals surface area (Å²) in [7, 11) is 1.46. The third kappa shape index (κ3) is 2.31. The van der Waals surface area contributed by atoms with Gasteiger partial charge in [0.1, 0.15) is 16.9 Å². The average molecular weight is 291 g/mol. The van der Waals surface area contributed by atoms with Crippen molar-refractivity contribution in [1.29, 1.82) is 0 Å². The number of aromatic nitrogens is 7. The Morgan fingerprint density at radius 1 is 1.25 bits per heavy atom. The van der Waals surface area contributed by atoms with Gasteiger partial charge in [-0.25, -0.2) is 20.8 Å². The predicted octanol–water partition coefficient (Wildman–Crippen LogP) is -0.0167. The third-order valence-electron chi connectivity index (χ3n) is 2.28. The Bertz CT molecular complexity index is 723. The fourth-order valence-electron chi connectivity index (χ4n) is 1.45. The van der Waals surface area contributed by atoms with Crippen molar-refractivity contribution in [2.45, 2.75) is 10.2 Å². The van der Waals surface area contributed by atoms with Gasteiger partial charge in [0.05, 0.1) is 13.4 Å². The van der Waals surface area contributed by atoms with Crippen LogP contribution in [0.1, 0.15) is 0 Å². The number of rotatable bonds is 4. The van der Waals surface area contributed by atoms with Crippen molar-refractivity contribution >= 4 is 28.9 Å². The molecule has 102 valence electrons. The Hall–Kier alpha value is -2.53. The van der Waals surface area contributed by atoms with E-state index < -0.39 is 0 Å². The van der Waals surface area contributed by atoms with Crippen LogP contribution in [0.2, 0.25) is 0 Å². The Morgan fingerprint density at radius 2 is 2.15 bits per heavy atom. The van der Waals surface area contributed by atoms with E-state index in [1.165, 1.54) is 25.2 Å². The number of imidazole rings is 1. The van der Waals surface area contributed by atoms with Gasteiger partial charge in [0.25, 0.3) is 0 Å². The molecule has 11 heteroatoms. The van der Waals surface area contributed by atoms with Gasteiger partial charge in [-0.05, 0) is 11.8 Å². The SMILES string of the molecule is COc1nc(NN)nc(Sc2ncnc3nc[nH]c23)n1. The maximum atomic E-state index is 5.30. The van der Waals surface area contributed by atoms with E-state index in [1.807, 2.05) is 0 Å². The zero-order valence-corrected chi connectivity index (χ0v) is 11.0. The maximum absolute atomic E-state index is 5.30. The molecule has 0 radical (unpaired) electrons. The molecule has 4 N–H and O–H groups in total. The standard InChI is InChI=1S/C9H9N9OS/c1-19-8-15-7(18-10)16-9(17-8)20-6-4-5(12-2-11-4)13-3-14-6/h2-3H,10H2,1H3,(H,11,12,13,14)(H,15,16,17,18). The van der Waals surface area contributed by atoms with Crippen LogP contribution in [0.25, 0.3) is 11.2 Å². The number of anilines is 1. The highest BCUT2D eigenvalue weighted by Gasteiger charge is 2.12. The number of nitrogens with two attached hydrogens (primary N) is 1. The molecule has 0 aliphatic heterocycles. The van der Waals surface area contributed by atoms with Crippen molar-refractivity contribution in [3.05, 3.63) is 12.7 Å². The van der Waals surface area contributed by atoms with Gasteiger partial charge in [-0.3, -0.25) is 5.43 Å². The summed E-state index contributed by atoms with van der Waals surface area (Å²) in [4.78, 5) is 27.4. The molecule has 0 saturated carbocycles. The first-order valence-corrected chi connectivity index (χ1v) is 6.20. The van der Waals surface area contributed by atoms with Crippen molar-refractivity contribution < 1.29 is 4.74 Å². The van der Waals surface area contributed by atoms with Crippen LogP contribution in [0.3, 0.4) is 0 Å². The number of nitrogens with zero attached hydrogens (tertiary/aromatic N) is 6. The minimum atomic E-state index is 0.158. The number of methoxy groups -OCH3 is 1. The highest BCUT2D eigenvalue weighted by atomic mass is 32.2. The third-order valence-corrected chi connectivity index (χ3v) is 3.15. The largest absolute Gasteiger partial charge is 0.467 e. The number of hydrogen-bond donors (Lipinski definition) is 3. The second-order valence-corrected chi connectivity index (χ2v) is 4.41. The number of hydrazine groups is 1. The molecular formula is C9H9N9OS. The quantitative estimate of drug-likeness (QED) is 0.341. The first kappa shape index (κ1) is 12.5. The van der Waals surface area contributed by atoms with E-state index in [9.17, 15) is 0 Å². The van der Waals surface area contributed by atoms with Crippen molar-refractivity contribution in [3.8, 4) is 6.01 Å². The van der Waals surface area contributed by atoms with Crippen LogP contribution in [0.5, 0.6) is 6.01 Å². The van der Waals surface area contributed by atoms with Crippen LogP contribution < -0.4 is 16.0 Å². The Balaban J connectivity index is 2.00. The van der Waals surface area contributed by atoms with Crippen molar-refractivity contribution in [3.63, 3.8) is 0 Å². The molecule has 3 heterocycles. The summed E-state index contributed by atoms with van der Waals surface area (Å²) in [5, 5.41) is 1.03. The number of aromatic amines is 1. The fourth-order valence-corrected chi connectivity index (χ4v) is 2.23. The number of nitrogen functional groups attached to an aromatic ring is 1. The van der Waals surface area contributed by atoms with Crippen molar-refractivity contribution in [2.24, 2.45) is 5.84 Å². The summed E-state index contributed by atoms with van der Waals surface area (Å²) in [6, 6.07) is 0.158. The summed E-state index contributed by atoms with van der Waals surface area (Å²) in [6.07, 6.45) is 2.97. The van der Waals surface area contributed by atoms with E-state index in [1.54, 1.807) is 6.33 Å². The second-order valence-electron chi connectivity index (χ2n) is 3.45. The molecule has 0 aliphatic carbocycles. The van der Waals surface area contributed by atoms with Crippen LogP contribution in [-0.4, -0.2) is 42.0 Å². The average Bonchev–Trinajstić information content (AvgIpc) is 2.96. The summed E-state index contributed by atoms with van der Waals surface area (Å²) < 4.78 is 4.98. The molecule has 3 aromatic heterocycles. The van der Waals surface area contributed by atoms with Crippen LogP contribution in [0.15, 0.2) is 22.8 Å². The number of fused-ring (bicyclic) bond motifs is 1. The monoisotopic (exact) mass is 291 g/mol. The summed E-state index contributed by atoms with van der Waals surface area (Å²) in [6.45, 7) is 0. The smallest absolute Gasteiger partial charge is 0.322 e. The van der Waals surface area contributed by atoms with E-state index >= 15 is 0 Å². The lowest BCUT2D eigenvalue weighted by molar-refractivity contribution is 0.373. The molecule has 10 nitrogen and oxygen atoms in total. The molecule has 0 bridgehead atoms. The van der Waals surface area contributed by atoms with Gasteiger partial charge >= 0.3 is 6.01 Å². The minimum Gasteiger partial charge on any atom is -0.467 e. The fraction of sp³-hybridized carbons (Fsp3) is 0.111.